The Labute approximate surface area is 143 Å². The van der Waals surface area contributed by atoms with Crippen molar-refractivity contribution >= 4 is 34.2 Å². The monoisotopic (exact) mass is 339 g/mol. The molecule has 1 aliphatic rings. The van der Waals surface area contributed by atoms with Crippen LogP contribution in [0.15, 0.2) is 57.7 Å². The summed E-state index contributed by atoms with van der Waals surface area (Å²) >= 11 is 5.99. The van der Waals surface area contributed by atoms with E-state index in [2.05, 4.69) is 0 Å². The summed E-state index contributed by atoms with van der Waals surface area (Å²) in [6, 6.07) is 14.2. The second-order valence-electron chi connectivity index (χ2n) is 5.99. The highest BCUT2D eigenvalue weighted by atomic mass is 35.5. The van der Waals surface area contributed by atoms with Crippen molar-refractivity contribution in [3.8, 4) is 0 Å². The van der Waals surface area contributed by atoms with E-state index in [9.17, 15) is 9.59 Å². The molecule has 2 heterocycles. The van der Waals surface area contributed by atoms with Crippen LogP contribution in [-0.4, -0.2) is 11.9 Å². The first-order valence-electron chi connectivity index (χ1n) is 7.69. The number of carbonyl (C=O) groups excluding carboxylic acids is 1. The van der Waals surface area contributed by atoms with Gasteiger partial charge in [-0.2, -0.15) is 0 Å². The Bertz CT molecular complexity index is 1020. The minimum Gasteiger partial charge on any atom is -0.422 e. The molecular formula is C19H14ClNO3. The highest BCUT2D eigenvalue weighted by Gasteiger charge is 2.32. The molecule has 4 rings (SSSR count). The Morgan fingerprint density at radius 2 is 2.00 bits per heavy atom. The molecule has 1 amide bonds. The van der Waals surface area contributed by atoms with Crippen LogP contribution >= 0.6 is 11.6 Å². The van der Waals surface area contributed by atoms with Crippen LogP contribution in [0.25, 0.3) is 11.0 Å². The Balaban J connectivity index is 1.84. The van der Waals surface area contributed by atoms with Crippen molar-refractivity contribution in [1.29, 1.82) is 0 Å². The van der Waals surface area contributed by atoms with Gasteiger partial charge in [-0.05, 0) is 49.2 Å². The second kappa shape index (κ2) is 5.49. The quantitative estimate of drug-likeness (QED) is 0.629. The normalized spacial score (nSPS) is 16.4. The van der Waals surface area contributed by atoms with E-state index in [1.165, 1.54) is 0 Å². The van der Waals surface area contributed by atoms with Gasteiger partial charge in [0.15, 0.2) is 0 Å². The average Bonchev–Trinajstić information content (AvgIpc) is 2.89. The fraction of sp³-hybridized carbons (Fsp3) is 0.158. The maximum absolute atomic E-state index is 13.0. The number of fused-ring (bicyclic) bond motifs is 2. The van der Waals surface area contributed by atoms with Gasteiger partial charge >= 0.3 is 5.63 Å². The maximum atomic E-state index is 13.0. The molecule has 5 heteroatoms. The minimum absolute atomic E-state index is 0.00985. The summed E-state index contributed by atoms with van der Waals surface area (Å²) in [5, 5.41) is 1.15. The van der Waals surface area contributed by atoms with Crippen LogP contribution in [0.2, 0.25) is 5.02 Å². The summed E-state index contributed by atoms with van der Waals surface area (Å²) < 4.78 is 5.29. The van der Waals surface area contributed by atoms with Crippen molar-refractivity contribution in [2.75, 3.05) is 4.90 Å². The zero-order chi connectivity index (χ0) is 16.8. The molecular weight excluding hydrogens is 326 g/mol. The first-order chi connectivity index (χ1) is 11.5. The fourth-order valence-corrected chi connectivity index (χ4v) is 3.43. The molecule has 1 atom stereocenters. The van der Waals surface area contributed by atoms with Gasteiger partial charge in [0.05, 0.1) is 0 Å². The van der Waals surface area contributed by atoms with Gasteiger partial charge < -0.3 is 9.32 Å². The van der Waals surface area contributed by atoms with E-state index in [-0.39, 0.29) is 17.5 Å². The summed E-state index contributed by atoms with van der Waals surface area (Å²) in [5.74, 6) is -0.344. The van der Waals surface area contributed by atoms with E-state index in [0.29, 0.717) is 16.0 Å². The first kappa shape index (κ1) is 15.0. The highest BCUT2D eigenvalue weighted by molar-refractivity contribution is 6.31. The van der Waals surface area contributed by atoms with Crippen molar-refractivity contribution in [3.05, 3.63) is 75.1 Å². The predicted octanol–water partition coefficient (Wildman–Crippen LogP) is 4.04. The first-order valence-corrected chi connectivity index (χ1v) is 8.07. The Kier molecular flexibility index (Phi) is 3.43. The summed E-state index contributed by atoms with van der Waals surface area (Å²) in [4.78, 5) is 27.0. The van der Waals surface area contributed by atoms with Crippen molar-refractivity contribution in [1.82, 2.24) is 0 Å². The van der Waals surface area contributed by atoms with Gasteiger partial charge in [0.2, 0.25) is 0 Å². The number of rotatable bonds is 1. The molecule has 0 fully saturated rings. The number of nitrogens with zero attached hydrogens (tertiary/aromatic N) is 1. The maximum Gasteiger partial charge on any atom is 0.349 e. The number of anilines is 1. The zero-order valence-corrected chi connectivity index (χ0v) is 13.7. The fourth-order valence-electron chi connectivity index (χ4n) is 3.25. The number of hydrogen-bond donors (Lipinski definition) is 0. The van der Waals surface area contributed by atoms with Gasteiger partial charge in [0, 0.05) is 22.1 Å². The van der Waals surface area contributed by atoms with Crippen molar-refractivity contribution in [3.63, 3.8) is 0 Å². The molecule has 120 valence electrons. The van der Waals surface area contributed by atoms with Crippen LogP contribution in [0.5, 0.6) is 0 Å². The van der Waals surface area contributed by atoms with Crippen LogP contribution in [0.1, 0.15) is 22.8 Å². The summed E-state index contributed by atoms with van der Waals surface area (Å²) in [7, 11) is 0. The molecule has 1 aliphatic heterocycles. The molecule has 0 radical (unpaired) electrons. The van der Waals surface area contributed by atoms with Gasteiger partial charge in [-0.25, -0.2) is 4.79 Å². The van der Waals surface area contributed by atoms with Crippen LogP contribution in [0.3, 0.4) is 0 Å². The van der Waals surface area contributed by atoms with E-state index in [1.54, 1.807) is 29.2 Å². The molecule has 24 heavy (non-hydrogen) atoms. The smallest absolute Gasteiger partial charge is 0.349 e. The second-order valence-corrected chi connectivity index (χ2v) is 6.42. The van der Waals surface area contributed by atoms with Crippen LogP contribution < -0.4 is 10.5 Å². The SMILES string of the molecule is CC1Cc2ccccc2N1C(=O)c1cc2cc(Cl)ccc2oc1=O. The summed E-state index contributed by atoms with van der Waals surface area (Å²) in [6.45, 7) is 1.97. The Hall–Kier alpha value is -2.59. The third-order valence-electron chi connectivity index (χ3n) is 4.35. The number of halogens is 1. The molecule has 0 N–H and O–H groups in total. The van der Waals surface area contributed by atoms with E-state index in [4.69, 9.17) is 16.0 Å². The van der Waals surface area contributed by atoms with Gasteiger partial charge in [-0.3, -0.25) is 4.79 Å². The largest absolute Gasteiger partial charge is 0.422 e. The van der Waals surface area contributed by atoms with Gasteiger partial charge in [-0.1, -0.05) is 29.8 Å². The molecule has 0 saturated heterocycles. The number of carbonyl (C=O) groups is 1. The van der Waals surface area contributed by atoms with Gasteiger partial charge in [-0.15, -0.1) is 0 Å². The summed E-state index contributed by atoms with van der Waals surface area (Å²) in [6.07, 6.45) is 0.770. The van der Waals surface area contributed by atoms with E-state index in [0.717, 1.165) is 17.7 Å². The number of para-hydroxylation sites is 1. The van der Waals surface area contributed by atoms with Crippen molar-refractivity contribution in [2.24, 2.45) is 0 Å². The minimum atomic E-state index is -0.633. The molecule has 0 saturated carbocycles. The van der Waals surface area contributed by atoms with Crippen molar-refractivity contribution in [2.45, 2.75) is 19.4 Å². The van der Waals surface area contributed by atoms with Crippen LogP contribution in [0.4, 0.5) is 5.69 Å². The third kappa shape index (κ3) is 2.31. The van der Waals surface area contributed by atoms with Crippen molar-refractivity contribution < 1.29 is 9.21 Å². The average molecular weight is 340 g/mol. The lowest BCUT2D eigenvalue weighted by atomic mass is 10.1. The standard InChI is InChI=1S/C19H14ClNO3/c1-11-8-12-4-2-3-5-16(12)21(11)18(22)15-10-13-9-14(20)6-7-17(13)24-19(15)23/h2-7,9-11H,8H2,1H3. The third-order valence-corrected chi connectivity index (χ3v) is 4.59. The van der Waals surface area contributed by atoms with E-state index >= 15 is 0 Å². The van der Waals surface area contributed by atoms with E-state index in [1.807, 2.05) is 31.2 Å². The molecule has 3 aromatic rings. The molecule has 2 aromatic carbocycles. The number of benzene rings is 2. The Morgan fingerprint density at radius 3 is 2.83 bits per heavy atom. The predicted molar refractivity (Wildman–Crippen MR) is 93.9 cm³/mol. The molecule has 1 aromatic heterocycles. The van der Waals surface area contributed by atoms with E-state index < -0.39 is 5.63 Å². The molecule has 1 unspecified atom stereocenters. The number of amides is 1. The molecule has 0 spiro atoms. The summed E-state index contributed by atoms with van der Waals surface area (Å²) in [5.41, 5.74) is 1.75. The van der Waals surface area contributed by atoms with Gasteiger partial charge in [0.25, 0.3) is 5.91 Å². The molecule has 4 nitrogen and oxygen atoms in total. The molecule has 0 aliphatic carbocycles. The number of hydrogen-bond acceptors (Lipinski definition) is 3. The van der Waals surface area contributed by atoms with Crippen LogP contribution in [0, 0.1) is 0 Å². The lowest BCUT2D eigenvalue weighted by Gasteiger charge is -2.22. The lowest BCUT2D eigenvalue weighted by molar-refractivity contribution is 0.0978. The molecule has 0 bridgehead atoms. The Morgan fingerprint density at radius 1 is 1.21 bits per heavy atom. The lowest BCUT2D eigenvalue weighted by Crippen LogP contribution is -2.38. The zero-order valence-electron chi connectivity index (χ0n) is 13.0. The van der Waals surface area contributed by atoms with Gasteiger partial charge in [0.1, 0.15) is 11.1 Å². The topological polar surface area (TPSA) is 50.5 Å². The highest BCUT2D eigenvalue weighted by Crippen LogP contribution is 2.33. The van der Waals surface area contributed by atoms with Crippen LogP contribution in [-0.2, 0) is 6.42 Å².